The molecule has 1 aromatic heterocycles. The number of nitrogens with zero attached hydrogens (tertiary/aromatic N) is 3. The molecule has 0 unspecified atom stereocenters. The molecule has 132 valence electrons. The summed E-state index contributed by atoms with van der Waals surface area (Å²) in [5, 5.41) is 7.06. The van der Waals surface area contributed by atoms with Crippen LogP contribution in [0, 0.1) is 17.6 Å². The van der Waals surface area contributed by atoms with E-state index in [9.17, 15) is 18.0 Å². The molecule has 5 nitrogen and oxygen atoms in total. The fourth-order valence-electron chi connectivity index (χ4n) is 3.29. The Morgan fingerprint density at radius 1 is 1.24 bits per heavy atom. The summed E-state index contributed by atoms with van der Waals surface area (Å²) in [4.78, 5) is 18.5. The van der Waals surface area contributed by atoms with E-state index in [1.54, 1.807) is 0 Å². The lowest BCUT2D eigenvalue weighted by molar-refractivity contribution is 0.0784. The Kier molecular flexibility index (Phi) is 3.97. The molecular weight excluding hydrogens is 333 g/mol. The molecule has 0 bridgehead atoms. The predicted molar refractivity (Wildman–Crippen MR) is 82.8 cm³/mol. The van der Waals surface area contributed by atoms with Crippen LogP contribution in [-0.2, 0) is 0 Å². The lowest BCUT2D eigenvalue weighted by atomic mass is 9.97. The summed E-state index contributed by atoms with van der Waals surface area (Å²) < 4.78 is 39.9. The molecule has 0 spiro atoms. The minimum absolute atomic E-state index is 0.0494. The quantitative estimate of drug-likeness (QED) is 0.922. The summed E-state index contributed by atoms with van der Waals surface area (Å²) in [6, 6.07) is 3.02. The van der Waals surface area contributed by atoms with Crippen molar-refractivity contribution in [3.8, 4) is 0 Å². The van der Waals surface area contributed by atoms with Crippen molar-refractivity contribution in [1.29, 1.82) is 0 Å². The van der Waals surface area contributed by atoms with Crippen molar-refractivity contribution in [2.24, 2.45) is 5.92 Å². The maximum atomic E-state index is 13.5. The Hall–Kier alpha value is -2.38. The Morgan fingerprint density at radius 3 is 2.72 bits per heavy atom. The van der Waals surface area contributed by atoms with Crippen LogP contribution in [0.15, 0.2) is 18.2 Å². The lowest BCUT2D eigenvalue weighted by Gasteiger charge is -2.16. The van der Waals surface area contributed by atoms with E-state index in [2.05, 4.69) is 15.2 Å². The normalized spacial score (nSPS) is 23.2. The van der Waals surface area contributed by atoms with Crippen LogP contribution in [-0.4, -0.2) is 45.8 Å². The zero-order valence-corrected chi connectivity index (χ0v) is 13.4. The van der Waals surface area contributed by atoms with Crippen LogP contribution in [0.2, 0.25) is 0 Å². The average Bonchev–Trinajstić information content (AvgIpc) is 3.19. The van der Waals surface area contributed by atoms with Gasteiger partial charge in [-0.05, 0) is 31.0 Å². The molecule has 1 saturated carbocycles. The largest absolute Gasteiger partial charge is 0.337 e. The first-order chi connectivity index (χ1) is 12.1. The fraction of sp³-hybridized carbons (Fsp3) is 0.471. The van der Waals surface area contributed by atoms with Crippen molar-refractivity contribution in [2.75, 3.05) is 19.8 Å². The number of aromatic nitrogens is 3. The zero-order chi connectivity index (χ0) is 17.6. The van der Waals surface area contributed by atoms with Crippen LogP contribution in [0.4, 0.5) is 13.2 Å². The van der Waals surface area contributed by atoms with Crippen LogP contribution >= 0.6 is 0 Å². The van der Waals surface area contributed by atoms with Crippen molar-refractivity contribution in [3.63, 3.8) is 0 Å². The molecule has 0 radical (unpaired) electrons. The summed E-state index contributed by atoms with van der Waals surface area (Å²) in [6.45, 7) is -0.115. The Balaban J connectivity index is 1.53. The standard InChI is InChI=1S/C17H17F3N4O/c18-6-11-7-24(17(25)10-3-4-13(19)14(20)5-10)8-12(11)16-21-15(22-23-16)9-1-2-9/h3-5,9,11-12H,1-2,6-8H2,(H,21,22,23)/t11-,12-/m1/s1. The highest BCUT2D eigenvalue weighted by Crippen LogP contribution is 2.39. The molecule has 1 saturated heterocycles. The minimum Gasteiger partial charge on any atom is -0.337 e. The highest BCUT2D eigenvalue weighted by molar-refractivity contribution is 5.94. The van der Waals surface area contributed by atoms with Gasteiger partial charge in [0.2, 0.25) is 0 Å². The van der Waals surface area contributed by atoms with Gasteiger partial charge in [-0.25, -0.2) is 13.8 Å². The molecular formula is C17H17F3N4O. The molecule has 2 aromatic rings. The molecule has 25 heavy (non-hydrogen) atoms. The van der Waals surface area contributed by atoms with Gasteiger partial charge < -0.3 is 4.90 Å². The van der Waals surface area contributed by atoms with E-state index >= 15 is 0 Å². The van der Waals surface area contributed by atoms with Gasteiger partial charge in [-0.2, -0.15) is 5.10 Å². The van der Waals surface area contributed by atoms with E-state index < -0.39 is 30.1 Å². The minimum atomic E-state index is -1.08. The number of hydrogen-bond acceptors (Lipinski definition) is 3. The van der Waals surface area contributed by atoms with Crippen molar-refractivity contribution in [1.82, 2.24) is 20.1 Å². The number of aromatic amines is 1. The Morgan fingerprint density at radius 2 is 2.04 bits per heavy atom. The highest BCUT2D eigenvalue weighted by atomic mass is 19.2. The first kappa shape index (κ1) is 16.1. The maximum Gasteiger partial charge on any atom is 0.253 e. The van der Waals surface area contributed by atoms with Gasteiger partial charge in [-0.1, -0.05) is 0 Å². The number of H-pyrrole nitrogens is 1. The van der Waals surface area contributed by atoms with Crippen LogP contribution in [0.25, 0.3) is 0 Å². The van der Waals surface area contributed by atoms with Gasteiger partial charge in [0.1, 0.15) is 5.82 Å². The summed E-state index contributed by atoms with van der Waals surface area (Å²) in [7, 11) is 0. The highest BCUT2D eigenvalue weighted by Gasteiger charge is 2.39. The molecule has 2 fully saturated rings. The van der Waals surface area contributed by atoms with Crippen LogP contribution < -0.4 is 0 Å². The third-order valence-electron chi connectivity index (χ3n) is 4.91. The molecule has 2 atom stereocenters. The molecule has 1 aliphatic heterocycles. The van der Waals surface area contributed by atoms with Crippen LogP contribution in [0.3, 0.4) is 0 Å². The summed E-state index contributed by atoms with van der Waals surface area (Å²) in [5.74, 6) is -1.48. The van der Waals surface area contributed by atoms with Crippen molar-refractivity contribution < 1.29 is 18.0 Å². The molecule has 1 aliphatic carbocycles. The van der Waals surface area contributed by atoms with Crippen LogP contribution in [0.1, 0.15) is 46.7 Å². The second-order valence-electron chi connectivity index (χ2n) is 6.71. The third kappa shape index (κ3) is 3.01. The smallest absolute Gasteiger partial charge is 0.253 e. The molecule has 4 rings (SSSR count). The average molecular weight is 350 g/mol. The Bertz CT molecular complexity index is 805. The predicted octanol–water partition coefficient (Wildman–Crippen LogP) is 2.79. The second kappa shape index (κ2) is 6.16. The van der Waals surface area contributed by atoms with E-state index in [-0.39, 0.29) is 24.6 Å². The fourth-order valence-corrected chi connectivity index (χ4v) is 3.29. The Labute approximate surface area is 142 Å². The SMILES string of the molecule is O=C(c1ccc(F)c(F)c1)N1C[C@@H](CF)[C@H](c2nc(C3CC3)n[nH]2)C1. The second-order valence-corrected chi connectivity index (χ2v) is 6.71. The maximum absolute atomic E-state index is 13.5. The first-order valence-electron chi connectivity index (χ1n) is 8.29. The van der Waals surface area contributed by atoms with Gasteiger partial charge in [0.25, 0.3) is 5.91 Å². The number of halogens is 3. The zero-order valence-electron chi connectivity index (χ0n) is 13.4. The summed E-state index contributed by atoms with van der Waals surface area (Å²) in [5.41, 5.74) is 0.0494. The third-order valence-corrected chi connectivity index (χ3v) is 4.91. The van der Waals surface area contributed by atoms with Gasteiger partial charge in [-0.15, -0.1) is 0 Å². The number of carbonyl (C=O) groups excluding carboxylic acids is 1. The first-order valence-corrected chi connectivity index (χ1v) is 8.29. The van der Waals surface area contributed by atoms with Gasteiger partial charge in [0.05, 0.1) is 6.67 Å². The van der Waals surface area contributed by atoms with E-state index in [1.807, 2.05) is 0 Å². The van der Waals surface area contributed by atoms with Gasteiger partial charge in [-0.3, -0.25) is 14.3 Å². The molecule has 1 amide bonds. The molecule has 8 heteroatoms. The molecule has 1 N–H and O–H groups in total. The summed E-state index contributed by atoms with van der Waals surface area (Å²) in [6.07, 6.45) is 2.13. The van der Waals surface area contributed by atoms with E-state index in [0.29, 0.717) is 11.7 Å². The van der Waals surface area contributed by atoms with Gasteiger partial charge in [0.15, 0.2) is 17.5 Å². The monoisotopic (exact) mass is 350 g/mol. The van der Waals surface area contributed by atoms with Crippen LogP contribution in [0.5, 0.6) is 0 Å². The molecule has 1 aromatic carbocycles. The number of amides is 1. The van der Waals surface area contributed by atoms with Gasteiger partial charge in [0, 0.05) is 36.4 Å². The number of nitrogens with one attached hydrogen (secondary N) is 1. The number of benzene rings is 1. The van der Waals surface area contributed by atoms with Gasteiger partial charge >= 0.3 is 0 Å². The van der Waals surface area contributed by atoms with E-state index in [1.165, 1.54) is 11.0 Å². The number of rotatable bonds is 4. The number of carbonyl (C=O) groups is 1. The number of alkyl halides is 1. The van der Waals surface area contributed by atoms with Crippen molar-refractivity contribution in [3.05, 3.63) is 47.0 Å². The topological polar surface area (TPSA) is 61.9 Å². The molecule has 2 heterocycles. The van der Waals surface area contributed by atoms with Crippen molar-refractivity contribution in [2.45, 2.75) is 24.7 Å². The van der Waals surface area contributed by atoms with Crippen molar-refractivity contribution >= 4 is 5.91 Å². The summed E-state index contributed by atoms with van der Waals surface area (Å²) >= 11 is 0. The molecule has 2 aliphatic rings. The number of hydrogen-bond donors (Lipinski definition) is 1. The lowest BCUT2D eigenvalue weighted by Crippen LogP contribution is -2.29. The van der Waals surface area contributed by atoms with E-state index in [4.69, 9.17) is 0 Å². The number of likely N-dealkylation sites (tertiary alicyclic amines) is 1. The van der Waals surface area contributed by atoms with E-state index in [0.717, 1.165) is 30.8 Å².